The summed E-state index contributed by atoms with van der Waals surface area (Å²) in [7, 11) is 0. The van der Waals surface area contributed by atoms with Crippen molar-refractivity contribution in [3.8, 4) is 23.0 Å². The molecule has 1 aliphatic heterocycles. The number of hydrogen-bond acceptors (Lipinski definition) is 5. The maximum absolute atomic E-state index is 13.8. The van der Waals surface area contributed by atoms with E-state index in [1.807, 2.05) is 20.8 Å². The van der Waals surface area contributed by atoms with E-state index in [9.17, 15) is 9.18 Å². The van der Waals surface area contributed by atoms with E-state index in [1.165, 1.54) is 23.1 Å². The predicted octanol–water partition coefficient (Wildman–Crippen LogP) is 4.06. The Hall–Kier alpha value is -2.96. The number of hydrogen-bond donors (Lipinski definition) is 0. The fraction of sp³-hybridized carbons (Fsp3) is 0.381. The van der Waals surface area contributed by atoms with Crippen LogP contribution in [0, 0.1) is 5.82 Å². The Morgan fingerprint density at radius 2 is 1.68 bits per heavy atom. The summed E-state index contributed by atoms with van der Waals surface area (Å²) in [6.07, 6.45) is 0. The van der Waals surface area contributed by atoms with Crippen molar-refractivity contribution in [2.24, 2.45) is 0 Å². The molecule has 0 unspecified atom stereocenters. The standard InChI is InChI=1S/C21H24FNO5/c1-4-25-18-11-14(12-19(26-5-2)20(18)27-6-3)21(24)23-9-10-28-17-8-7-15(22)13-16(17)23/h7-8,11-13H,4-6,9-10H2,1-3H3. The molecule has 0 N–H and O–H groups in total. The number of fused-ring (bicyclic) bond motifs is 1. The zero-order chi connectivity index (χ0) is 20.1. The van der Waals surface area contributed by atoms with E-state index >= 15 is 0 Å². The minimum atomic E-state index is -0.432. The molecule has 0 aliphatic carbocycles. The third-order valence-electron chi connectivity index (χ3n) is 4.19. The molecule has 1 heterocycles. The summed E-state index contributed by atoms with van der Waals surface area (Å²) in [5.74, 6) is 1.09. The number of carbonyl (C=O) groups is 1. The number of amides is 1. The summed E-state index contributed by atoms with van der Waals surface area (Å²) < 4.78 is 36.3. The van der Waals surface area contributed by atoms with Gasteiger partial charge in [0.2, 0.25) is 5.75 Å². The van der Waals surface area contributed by atoms with Crippen molar-refractivity contribution in [3.63, 3.8) is 0 Å². The Morgan fingerprint density at radius 1 is 1.04 bits per heavy atom. The molecule has 1 amide bonds. The Bertz CT molecular complexity index is 828. The molecule has 2 aromatic carbocycles. The van der Waals surface area contributed by atoms with E-state index in [4.69, 9.17) is 18.9 Å². The fourth-order valence-corrected chi connectivity index (χ4v) is 3.07. The normalized spacial score (nSPS) is 12.8. The van der Waals surface area contributed by atoms with Crippen LogP contribution in [0.25, 0.3) is 0 Å². The van der Waals surface area contributed by atoms with Crippen molar-refractivity contribution >= 4 is 11.6 Å². The molecule has 0 saturated carbocycles. The predicted molar refractivity (Wildman–Crippen MR) is 104 cm³/mol. The number of benzene rings is 2. The largest absolute Gasteiger partial charge is 0.490 e. The zero-order valence-corrected chi connectivity index (χ0v) is 16.3. The molecule has 28 heavy (non-hydrogen) atoms. The third-order valence-corrected chi connectivity index (χ3v) is 4.19. The summed E-state index contributed by atoms with van der Waals surface area (Å²) in [6.45, 7) is 7.47. The average molecular weight is 389 g/mol. The quantitative estimate of drug-likeness (QED) is 0.715. The van der Waals surface area contributed by atoms with Gasteiger partial charge in [-0.3, -0.25) is 4.79 Å². The second-order valence-electron chi connectivity index (χ2n) is 6.02. The third kappa shape index (κ3) is 3.98. The monoisotopic (exact) mass is 389 g/mol. The molecule has 2 aromatic rings. The van der Waals surface area contributed by atoms with Gasteiger partial charge in [-0.25, -0.2) is 4.39 Å². The van der Waals surface area contributed by atoms with Gasteiger partial charge in [-0.15, -0.1) is 0 Å². The summed E-state index contributed by atoms with van der Waals surface area (Å²) >= 11 is 0. The second-order valence-corrected chi connectivity index (χ2v) is 6.02. The number of nitrogens with zero attached hydrogens (tertiary/aromatic N) is 1. The summed E-state index contributed by atoms with van der Waals surface area (Å²) in [4.78, 5) is 14.8. The van der Waals surface area contributed by atoms with Crippen molar-refractivity contribution in [2.45, 2.75) is 20.8 Å². The first-order chi connectivity index (χ1) is 13.6. The summed E-state index contributed by atoms with van der Waals surface area (Å²) in [6, 6.07) is 7.40. The Morgan fingerprint density at radius 3 is 2.29 bits per heavy atom. The second kappa shape index (κ2) is 8.82. The Kier molecular flexibility index (Phi) is 6.23. The maximum atomic E-state index is 13.8. The molecule has 7 heteroatoms. The Labute approximate surface area is 163 Å². The molecule has 0 saturated heterocycles. The van der Waals surface area contributed by atoms with Crippen LogP contribution in [0.1, 0.15) is 31.1 Å². The van der Waals surface area contributed by atoms with Crippen molar-refractivity contribution < 1.29 is 28.1 Å². The molecule has 0 radical (unpaired) electrons. The molecule has 0 spiro atoms. The van der Waals surface area contributed by atoms with Gasteiger partial charge in [-0.1, -0.05) is 0 Å². The average Bonchev–Trinajstić information content (AvgIpc) is 2.69. The first kappa shape index (κ1) is 19.8. The van der Waals surface area contributed by atoms with Gasteiger partial charge in [0, 0.05) is 11.6 Å². The summed E-state index contributed by atoms with van der Waals surface area (Å²) in [5, 5.41) is 0. The van der Waals surface area contributed by atoms with Crippen LogP contribution in [0.3, 0.4) is 0 Å². The lowest BCUT2D eigenvalue weighted by atomic mass is 10.1. The SMILES string of the molecule is CCOc1cc(C(=O)N2CCOc3ccc(F)cc32)cc(OCC)c1OCC. The van der Waals surface area contributed by atoms with Gasteiger partial charge in [-0.05, 0) is 45.0 Å². The number of ether oxygens (including phenoxy) is 4. The van der Waals surface area contributed by atoms with Crippen LogP contribution in [0.2, 0.25) is 0 Å². The van der Waals surface area contributed by atoms with Gasteiger partial charge >= 0.3 is 0 Å². The zero-order valence-electron chi connectivity index (χ0n) is 16.3. The molecular weight excluding hydrogens is 365 g/mol. The van der Waals surface area contributed by atoms with Crippen LogP contribution in [0.4, 0.5) is 10.1 Å². The minimum absolute atomic E-state index is 0.292. The highest BCUT2D eigenvalue weighted by molar-refractivity contribution is 6.07. The smallest absolute Gasteiger partial charge is 0.258 e. The number of anilines is 1. The maximum Gasteiger partial charge on any atom is 0.258 e. The number of carbonyl (C=O) groups excluding carboxylic acids is 1. The lowest BCUT2D eigenvalue weighted by Gasteiger charge is -2.30. The molecule has 1 aliphatic rings. The highest BCUT2D eigenvalue weighted by Crippen LogP contribution is 2.40. The number of halogens is 1. The van der Waals surface area contributed by atoms with Gasteiger partial charge in [0.15, 0.2) is 11.5 Å². The molecule has 0 fully saturated rings. The van der Waals surface area contributed by atoms with E-state index in [0.29, 0.717) is 67.2 Å². The van der Waals surface area contributed by atoms with Crippen LogP contribution >= 0.6 is 0 Å². The molecule has 150 valence electrons. The van der Waals surface area contributed by atoms with Crippen molar-refractivity contribution in [1.82, 2.24) is 0 Å². The van der Waals surface area contributed by atoms with E-state index < -0.39 is 5.82 Å². The van der Waals surface area contributed by atoms with Crippen molar-refractivity contribution in [1.29, 1.82) is 0 Å². The van der Waals surface area contributed by atoms with Crippen molar-refractivity contribution in [3.05, 3.63) is 41.7 Å². The fourth-order valence-electron chi connectivity index (χ4n) is 3.07. The first-order valence-electron chi connectivity index (χ1n) is 9.39. The minimum Gasteiger partial charge on any atom is -0.490 e. The molecular formula is C21H24FNO5. The van der Waals surface area contributed by atoms with Gasteiger partial charge in [0.05, 0.1) is 32.1 Å². The van der Waals surface area contributed by atoms with Gasteiger partial charge < -0.3 is 23.8 Å². The highest BCUT2D eigenvalue weighted by Gasteiger charge is 2.27. The lowest BCUT2D eigenvalue weighted by molar-refractivity contribution is 0.0975. The van der Waals surface area contributed by atoms with Crippen LogP contribution in [0.15, 0.2) is 30.3 Å². The summed E-state index contributed by atoms with van der Waals surface area (Å²) in [5.41, 5.74) is 0.772. The molecule has 6 nitrogen and oxygen atoms in total. The number of rotatable bonds is 7. The molecule has 0 aromatic heterocycles. The van der Waals surface area contributed by atoms with E-state index in [2.05, 4.69) is 0 Å². The van der Waals surface area contributed by atoms with Crippen LogP contribution < -0.4 is 23.8 Å². The van der Waals surface area contributed by atoms with E-state index in [-0.39, 0.29) is 5.91 Å². The van der Waals surface area contributed by atoms with Gasteiger partial charge in [-0.2, -0.15) is 0 Å². The topological polar surface area (TPSA) is 57.2 Å². The van der Waals surface area contributed by atoms with Gasteiger partial charge in [0.25, 0.3) is 5.91 Å². The van der Waals surface area contributed by atoms with Crippen LogP contribution in [-0.2, 0) is 0 Å². The van der Waals surface area contributed by atoms with Crippen LogP contribution in [0.5, 0.6) is 23.0 Å². The highest BCUT2D eigenvalue weighted by atomic mass is 19.1. The molecule has 0 atom stereocenters. The Balaban J connectivity index is 2.03. The van der Waals surface area contributed by atoms with Crippen molar-refractivity contribution in [2.75, 3.05) is 37.9 Å². The van der Waals surface area contributed by atoms with Gasteiger partial charge in [0.1, 0.15) is 18.2 Å². The first-order valence-corrected chi connectivity index (χ1v) is 9.39. The van der Waals surface area contributed by atoms with E-state index in [0.717, 1.165) is 0 Å². The molecule has 3 rings (SSSR count). The van der Waals surface area contributed by atoms with Crippen LogP contribution in [-0.4, -0.2) is 38.9 Å². The molecule has 0 bridgehead atoms. The van der Waals surface area contributed by atoms with E-state index in [1.54, 1.807) is 12.1 Å². The lowest BCUT2D eigenvalue weighted by Crippen LogP contribution is -2.38.